The summed E-state index contributed by atoms with van der Waals surface area (Å²) in [7, 11) is 0. The summed E-state index contributed by atoms with van der Waals surface area (Å²) in [6.07, 6.45) is 0. The molecular weight excluding hydrogens is 326 g/mol. The van der Waals surface area contributed by atoms with Gasteiger partial charge in [0.15, 0.2) is 5.16 Å². The van der Waals surface area contributed by atoms with Gasteiger partial charge in [0.1, 0.15) is 0 Å². The largest absolute Gasteiger partial charge is 0.324 e. The fraction of sp³-hybridized carbons (Fsp3) is 0.231. The lowest BCUT2D eigenvalue weighted by molar-refractivity contribution is 0.815. The fourth-order valence-electron chi connectivity index (χ4n) is 1.59. The van der Waals surface area contributed by atoms with Crippen molar-refractivity contribution < 1.29 is 0 Å². The maximum atomic E-state index is 11.4. The summed E-state index contributed by atoms with van der Waals surface area (Å²) < 4.78 is 0.941. The predicted molar refractivity (Wildman–Crippen MR) is 80.5 cm³/mol. The number of H-pyrrole nitrogens is 1. The average molecular weight is 340 g/mol. The zero-order valence-electron chi connectivity index (χ0n) is 10.6. The molecule has 0 bridgehead atoms. The zero-order chi connectivity index (χ0) is 14.0. The van der Waals surface area contributed by atoms with Gasteiger partial charge in [0.25, 0.3) is 5.56 Å². The third kappa shape index (κ3) is 3.68. The van der Waals surface area contributed by atoms with E-state index < -0.39 is 0 Å². The summed E-state index contributed by atoms with van der Waals surface area (Å²) in [6, 6.07) is 7.40. The molecule has 100 valence electrons. The van der Waals surface area contributed by atoms with E-state index in [1.54, 1.807) is 6.92 Å². The van der Waals surface area contributed by atoms with Gasteiger partial charge in [0, 0.05) is 27.2 Å². The van der Waals surface area contributed by atoms with Gasteiger partial charge in [-0.15, -0.1) is 0 Å². The minimum absolute atomic E-state index is 0.00717. The SMILES string of the molecule is Cc1cc(=O)[nH]c(Sc2ccc(C(C)N)cc2Br)n1. The quantitative estimate of drug-likeness (QED) is 0.843. The molecule has 19 heavy (non-hydrogen) atoms. The summed E-state index contributed by atoms with van der Waals surface area (Å²) in [5.74, 6) is 0. The van der Waals surface area contributed by atoms with Crippen molar-refractivity contribution in [3.8, 4) is 0 Å². The van der Waals surface area contributed by atoms with Crippen molar-refractivity contribution in [2.45, 2.75) is 29.9 Å². The molecule has 1 atom stereocenters. The number of aromatic amines is 1. The zero-order valence-corrected chi connectivity index (χ0v) is 13.0. The van der Waals surface area contributed by atoms with E-state index in [0.29, 0.717) is 10.9 Å². The second kappa shape index (κ2) is 5.90. The summed E-state index contributed by atoms with van der Waals surface area (Å²) in [5.41, 5.74) is 7.46. The Kier molecular flexibility index (Phi) is 4.44. The molecule has 0 saturated carbocycles. The molecule has 1 aromatic carbocycles. The molecule has 2 aromatic rings. The van der Waals surface area contributed by atoms with Crippen molar-refractivity contribution >= 4 is 27.7 Å². The van der Waals surface area contributed by atoms with E-state index in [4.69, 9.17) is 5.73 Å². The lowest BCUT2D eigenvalue weighted by Gasteiger charge is -2.09. The smallest absolute Gasteiger partial charge is 0.251 e. The molecule has 0 saturated heterocycles. The van der Waals surface area contributed by atoms with E-state index >= 15 is 0 Å². The molecule has 4 nitrogen and oxygen atoms in total. The predicted octanol–water partition coefficient (Wildman–Crippen LogP) is 3.01. The lowest BCUT2D eigenvalue weighted by Crippen LogP contribution is -2.08. The lowest BCUT2D eigenvalue weighted by atomic mass is 10.1. The second-order valence-corrected chi connectivity index (χ2v) is 6.16. The van der Waals surface area contributed by atoms with E-state index in [-0.39, 0.29) is 11.6 Å². The van der Waals surface area contributed by atoms with Crippen molar-refractivity contribution in [3.63, 3.8) is 0 Å². The van der Waals surface area contributed by atoms with E-state index in [9.17, 15) is 4.79 Å². The van der Waals surface area contributed by atoms with Gasteiger partial charge in [-0.1, -0.05) is 17.8 Å². The number of hydrogen-bond acceptors (Lipinski definition) is 4. The standard InChI is InChI=1S/C13H14BrN3OS/c1-7-5-12(18)17-13(16-7)19-11-4-3-9(8(2)15)6-10(11)14/h3-6,8H,15H2,1-2H3,(H,16,17,18). The molecule has 1 unspecified atom stereocenters. The van der Waals surface area contributed by atoms with Crippen LogP contribution in [0.2, 0.25) is 0 Å². The highest BCUT2D eigenvalue weighted by atomic mass is 79.9. The number of halogens is 1. The topological polar surface area (TPSA) is 71.8 Å². The Morgan fingerprint density at radius 1 is 1.42 bits per heavy atom. The van der Waals surface area contributed by atoms with E-state index in [2.05, 4.69) is 25.9 Å². The number of aromatic nitrogens is 2. The van der Waals surface area contributed by atoms with Crippen LogP contribution in [-0.4, -0.2) is 9.97 Å². The molecule has 0 aliphatic heterocycles. The fourth-order valence-corrected chi connectivity index (χ4v) is 3.07. The maximum Gasteiger partial charge on any atom is 0.251 e. The van der Waals surface area contributed by atoms with Gasteiger partial charge in [-0.25, -0.2) is 4.98 Å². The number of benzene rings is 1. The molecule has 0 radical (unpaired) electrons. The van der Waals surface area contributed by atoms with Crippen molar-refractivity contribution in [1.82, 2.24) is 9.97 Å². The third-order valence-electron chi connectivity index (χ3n) is 2.54. The van der Waals surface area contributed by atoms with Crippen LogP contribution in [0.25, 0.3) is 0 Å². The van der Waals surface area contributed by atoms with Crippen molar-refractivity contribution in [2.75, 3.05) is 0 Å². The molecule has 6 heteroatoms. The number of nitrogens with one attached hydrogen (secondary N) is 1. The Morgan fingerprint density at radius 2 is 2.16 bits per heavy atom. The molecule has 0 fully saturated rings. The number of nitrogens with zero attached hydrogens (tertiary/aromatic N) is 1. The molecule has 3 N–H and O–H groups in total. The molecule has 0 aliphatic carbocycles. The van der Waals surface area contributed by atoms with E-state index in [1.807, 2.05) is 25.1 Å². The first-order valence-electron chi connectivity index (χ1n) is 5.76. The number of aryl methyl sites for hydroxylation is 1. The van der Waals surface area contributed by atoms with Crippen LogP contribution in [-0.2, 0) is 0 Å². The van der Waals surface area contributed by atoms with Gasteiger partial charge in [-0.05, 0) is 47.5 Å². The minimum Gasteiger partial charge on any atom is -0.324 e. The first-order valence-corrected chi connectivity index (χ1v) is 7.37. The minimum atomic E-state index is -0.140. The first kappa shape index (κ1) is 14.3. The summed E-state index contributed by atoms with van der Waals surface area (Å²) >= 11 is 4.92. The van der Waals surface area contributed by atoms with Crippen molar-refractivity contribution in [1.29, 1.82) is 0 Å². The van der Waals surface area contributed by atoms with E-state index in [0.717, 1.165) is 14.9 Å². The Bertz CT molecular complexity index is 655. The van der Waals surface area contributed by atoms with Crippen LogP contribution < -0.4 is 11.3 Å². The third-order valence-corrected chi connectivity index (χ3v) is 4.42. The molecular formula is C13H14BrN3OS. The van der Waals surface area contributed by atoms with Crippen LogP contribution in [0.3, 0.4) is 0 Å². The molecule has 1 aromatic heterocycles. The first-order chi connectivity index (χ1) is 8.95. The van der Waals surface area contributed by atoms with Crippen LogP contribution in [0.15, 0.2) is 43.6 Å². The van der Waals surface area contributed by atoms with Gasteiger partial charge in [-0.2, -0.15) is 0 Å². The van der Waals surface area contributed by atoms with Crippen LogP contribution in [0.1, 0.15) is 24.2 Å². The van der Waals surface area contributed by atoms with Crippen molar-refractivity contribution in [2.24, 2.45) is 5.73 Å². The summed E-state index contributed by atoms with van der Waals surface area (Å²) in [6.45, 7) is 3.74. The highest BCUT2D eigenvalue weighted by molar-refractivity contribution is 9.10. The molecule has 2 rings (SSSR count). The van der Waals surface area contributed by atoms with Crippen LogP contribution >= 0.6 is 27.7 Å². The van der Waals surface area contributed by atoms with Gasteiger partial charge < -0.3 is 10.7 Å². The number of hydrogen-bond donors (Lipinski definition) is 2. The average Bonchev–Trinajstić information content (AvgIpc) is 2.30. The Balaban J connectivity index is 2.30. The molecule has 0 amide bonds. The van der Waals surface area contributed by atoms with E-state index in [1.165, 1.54) is 17.8 Å². The normalized spacial score (nSPS) is 12.4. The van der Waals surface area contributed by atoms with Gasteiger partial charge in [-0.3, -0.25) is 4.79 Å². The summed E-state index contributed by atoms with van der Waals surface area (Å²) in [4.78, 5) is 19.4. The maximum absolute atomic E-state index is 11.4. The van der Waals surface area contributed by atoms with Gasteiger partial charge in [0.05, 0.1) is 0 Å². The van der Waals surface area contributed by atoms with Crippen LogP contribution in [0, 0.1) is 6.92 Å². The number of rotatable bonds is 3. The Morgan fingerprint density at radius 3 is 2.74 bits per heavy atom. The highest BCUT2D eigenvalue weighted by Gasteiger charge is 2.08. The molecule has 0 spiro atoms. The second-order valence-electron chi connectivity index (χ2n) is 4.27. The number of nitrogens with two attached hydrogens (primary N) is 1. The Hall–Kier alpha value is -1.11. The van der Waals surface area contributed by atoms with Gasteiger partial charge >= 0.3 is 0 Å². The monoisotopic (exact) mass is 339 g/mol. The van der Waals surface area contributed by atoms with Crippen LogP contribution in [0.5, 0.6) is 0 Å². The van der Waals surface area contributed by atoms with Crippen molar-refractivity contribution in [3.05, 3.63) is 50.3 Å². The summed E-state index contributed by atoms with van der Waals surface area (Å²) in [5, 5.41) is 0.583. The van der Waals surface area contributed by atoms with Gasteiger partial charge in [0.2, 0.25) is 0 Å². The van der Waals surface area contributed by atoms with Crippen LogP contribution in [0.4, 0.5) is 0 Å². The Labute approximate surface area is 124 Å². The highest BCUT2D eigenvalue weighted by Crippen LogP contribution is 2.32. The molecule has 0 aliphatic rings. The molecule has 1 heterocycles.